The van der Waals surface area contributed by atoms with Crippen LogP contribution in [0.1, 0.15) is 36.6 Å². The smallest absolute Gasteiger partial charge is 0.264 e. The monoisotopic (exact) mass is 289 g/mol. The number of rotatable bonds is 1. The highest BCUT2D eigenvalue weighted by Gasteiger charge is 2.30. The van der Waals surface area contributed by atoms with E-state index in [0.29, 0.717) is 0 Å². The van der Waals surface area contributed by atoms with Crippen molar-refractivity contribution in [3.63, 3.8) is 0 Å². The molecule has 1 aromatic carbocycles. The molecule has 0 saturated heterocycles. The molecule has 1 aliphatic rings. The van der Waals surface area contributed by atoms with Crippen molar-refractivity contribution in [3.8, 4) is 0 Å². The normalized spacial score (nSPS) is 25.3. The fraction of sp³-hybridized carbons (Fsp3) is 0.333. The van der Waals surface area contributed by atoms with Crippen molar-refractivity contribution in [2.75, 3.05) is 5.73 Å². The average Bonchev–Trinajstić information content (AvgIpc) is 2.55. The molecule has 2 N–H and O–H groups in total. The van der Waals surface area contributed by atoms with E-state index < -0.39 is 30.7 Å². The average molecular weight is 289 g/mol. The van der Waals surface area contributed by atoms with Crippen LogP contribution in [0.4, 0.5) is 5.69 Å². The van der Waals surface area contributed by atoms with E-state index in [4.69, 9.17) is 11.2 Å². The van der Waals surface area contributed by atoms with Gasteiger partial charge in [-0.15, -0.1) is 0 Å². The summed E-state index contributed by atoms with van der Waals surface area (Å²) >= 11 is 0. The molecule has 1 atom stereocenters. The van der Waals surface area contributed by atoms with Gasteiger partial charge < -0.3 is 5.73 Å². The lowest BCUT2D eigenvalue weighted by Gasteiger charge is -2.24. The van der Waals surface area contributed by atoms with Crippen LogP contribution in [0.15, 0.2) is 22.9 Å². The molecule has 21 heavy (non-hydrogen) atoms. The van der Waals surface area contributed by atoms with Crippen molar-refractivity contribution in [2.24, 2.45) is 0 Å². The first-order valence-electron chi connectivity index (χ1n) is 8.57. The molecule has 2 aromatic rings. The molecule has 0 spiro atoms. The summed E-state index contributed by atoms with van der Waals surface area (Å²) in [4.78, 5) is 40.9. The van der Waals surface area contributed by atoms with Gasteiger partial charge in [0.05, 0.1) is 27.5 Å². The number of carbonyl (C=O) groups is 2. The minimum Gasteiger partial charge on any atom is -0.398 e. The quantitative estimate of drug-likeness (QED) is 0.627. The molecule has 1 unspecified atom stereocenters. The highest BCUT2D eigenvalue weighted by atomic mass is 16.2. The topological polar surface area (TPSA) is 95.0 Å². The molecule has 0 amide bonds. The van der Waals surface area contributed by atoms with Crippen LogP contribution in [0, 0.1) is 6.90 Å². The van der Waals surface area contributed by atoms with E-state index in [9.17, 15) is 14.4 Å². The van der Waals surface area contributed by atoms with Gasteiger partial charge in [0.25, 0.3) is 5.56 Å². The van der Waals surface area contributed by atoms with Crippen molar-refractivity contribution < 1.29 is 15.1 Å². The Bertz CT molecular complexity index is 988. The zero-order chi connectivity index (χ0) is 18.5. The summed E-state index contributed by atoms with van der Waals surface area (Å²) < 4.78 is 32.4. The molecule has 0 bridgehead atoms. The number of aryl methyl sites for hydroxylation is 1. The number of hydrogen-bond donors (Lipinski definition) is 1. The van der Waals surface area contributed by atoms with Crippen LogP contribution in [0.3, 0.4) is 0 Å². The van der Waals surface area contributed by atoms with E-state index in [-0.39, 0.29) is 53.1 Å². The van der Waals surface area contributed by atoms with Crippen LogP contribution in [0.5, 0.6) is 0 Å². The molecular weight excluding hydrogens is 270 g/mol. The number of nitrogen functional groups attached to an aromatic ring is 1. The first-order chi connectivity index (χ1) is 11.7. The molecule has 6 heteroatoms. The summed E-state index contributed by atoms with van der Waals surface area (Å²) in [6.45, 7) is -0.469. The number of benzene rings is 1. The van der Waals surface area contributed by atoms with E-state index >= 15 is 0 Å². The van der Waals surface area contributed by atoms with Crippen molar-refractivity contribution in [1.82, 2.24) is 9.55 Å². The Morgan fingerprint density at radius 2 is 2.33 bits per heavy atom. The zero-order valence-corrected chi connectivity index (χ0v) is 11.1. The molecule has 6 nitrogen and oxygen atoms in total. The minimum absolute atomic E-state index is 0.0258. The van der Waals surface area contributed by atoms with E-state index in [2.05, 4.69) is 4.98 Å². The minimum atomic E-state index is -2.03. The van der Waals surface area contributed by atoms with Crippen molar-refractivity contribution in [2.45, 2.75) is 32.2 Å². The Morgan fingerprint density at radius 3 is 3.05 bits per heavy atom. The largest absolute Gasteiger partial charge is 0.398 e. The fourth-order valence-corrected chi connectivity index (χ4v) is 2.47. The zero-order valence-electron chi connectivity index (χ0n) is 15.1. The Morgan fingerprint density at radius 1 is 1.52 bits per heavy atom. The predicted molar refractivity (Wildman–Crippen MR) is 78.1 cm³/mol. The molecule has 108 valence electrons. The van der Waals surface area contributed by atoms with E-state index in [0.717, 1.165) is 4.57 Å². The second-order valence-corrected chi connectivity index (χ2v) is 4.84. The van der Waals surface area contributed by atoms with Crippen LogP contribution in [-0.4, -0.2) is 21.1 Å². The van der Waals surface area contributed by atoms with E-state index in [1.807, 2.05) is 0 Å². The maximum atomic E-state index is 13.0. The summed E-state index contributed by atoms with van der Waals surface area (Å²) in [6.07, 6.45) is -0.660. The third-order valence-corrected chi connectivity index (χ3v) is 3.46. The molecule has 0 aliphatic heterocycles. The standard InChI is InChI=1S/C15H15N3O3/c1-8-17-11-4-2-3-10(16)14(11)15(21)18(8)12-6-5-9(19)7-13(12)20/h2-4,12H,5-7,16H2,1H3/i1D,2D,3D,12D. The maximum absolute atomic E-state index is 13.0. The number of hydrogen-bond acceptors (Lipinski definition) is 5. The Labute approximate surface area is 126 Å². The number of nitrogens with two attached hydrogens (primary N) is 1. The van der Waals surface area contributed by atoms with Gasteiger partial charge in [-0.2, -0.15) is 0 Å². The second-order valence-electron chi connectivity index (χ2n) is 4.84. The molecule has 1 heterocycles. The van der Waals surface area contributed by atoms with Gasteiger partial charge in [0.2, 0.25) is 0 Å². The predicted octanol–water partition coefficient (Wildman–Crippen LogP) is 1.15. The first kappa shape index (κ1) is 9.44. The summed E-state index contributed by atoms with van der Waals surface area (Å²) in [6, 6.07) is -1.40. The van der Waals surface area contributed by atoms with Gasteiger partial charge in [-0.25, -0.2) is 4.98 Å². The maximum Gasteiger partial charge on any atom is 0.264 e. The van der Waals surface area contributed by atoms with Crippen LogP contribution >= 0.6 is 0 Å². The molecule has 1 fully saturated rings. The van der Waals surface area contributed by atoms with Crippen molar-refractivity contribution >= 4 is 28.2 Å². The number of carbonyl (C=O) groups excluding carboxylic acids is 2. The molecule has 1 aromatic heterocycles. The summed E-state index contributed by atoms with van der Waals surface area (Å²) in [5, 5.41) is -0.158. The lowest BCUT2D eigenvalue weighted by Crippen LogP contribution is -2.36. The van der Waals surface area contributed by atoms with Crippen molar-refractivity contribution in [3.05, 3.63) is 34.3 Å². The summed E-state index contributed by atoms with van der Waals surface area (Å²) in [7, 11) is 0. The van der Waals surface area contributed by atoms with Gasteiger partial charge in [-0.3, -0.25) is 19.0 Å². The van der Waals surface area contributed by atoms with Crippen LogP contribution in [0.2, 0.25) is 0 Å². The summed E-state index contributed by atoms with van der Waals surface area (Å²) in [5.41, 5.74) is 4.78. The Balaban J connectivity index is 2.39. The Hall–Kier alpha value is -2.50. The molecule has 0 radical (unpaired) electrons. The van der Waals surface area contributed by atoms with Gasteiger partial charge in [-0.05, 0) is 25.4 Å². The number of aromatic nitrogens is 2. The number of fused-ring (bicyclic) bond motifs is 1. The second kappa shape index (κ2) is 4.80. The fourth-order valence-electron chi connectivity index (χ4n) is 2.47. The Kier molecular flexibility index (Phi) is 2.16. The number of ketones is 2. The lowest BCUT2D eigenvalue weighted by atomic mass is 9.92. The first-order valence-corrected chi connectivity index (χ1v) is 6.36. The number of nitrogens with zero attached hydrogens (tertiary/aromatic N) is 2. The highest BCUT2D eigenvalue weighted by molar-refractivity contribution is 6.03. The molecule has 1 saturated carbocycles. The van der Waals surface area contributed by atoms with Gasteiger partial charge in [-0.1, -0.05) is 6.04 Å². The van der Waals surface area contributed by atoms with E-state index in [1.54, 1.807) is 0 Å². The molecular formula is C15H15N3O3. The SMILES string of the molecule is [2H]Cc1nc2cc([2H])c([2H])c(N)c2c(=O)n1C1([2H])CCC(=O)CC1=O. The van der Waals surface area contributed by atoms with Crippen LogP contribution in [0.25, 0.3) is 10.9 Å². The molecule has 1 aliphatic carbocycles. The van der Waals surface area contributed by atoms with Gasteiger partial charge in [0.1, 0.15) is 11.6 Å². The summed E-state index contributed by atoms with van der Waals surface area (Å²) in [5.74, 6) is -1.15. The van der Waals surface area contributed by atoms with Crippen LogP contribution in [-0.2, 0) is 9.59 Å². The highest BCUT2D eigenvalue weighted by Crippen LogP contribution is 2.24. The van der Waals surface area contributed by atoms with Gasteiger partial charge in [0, 0.05) is 13.5 Å². The van der Waals surface area contributed by atoms with Gasteiger partial charge in [0.15, 0.2) is 5.78 Å². The third kappa shape index (κ3) is 2.12. The lowest BCUT2D eigenvalue weighted by molar-refractivity contribution is -0.132. The molecule has 3 rings (SSSR count). The number of anilines is 1. The van der Waals surface area contributed by atoms with Crippen molar-refractivity contribution in [1.29, 1.82) is 0 Å². The van der Waals surface area contributed by atoms with E-state index in [1.165, 1.54) is 6.07 Å². The number of Topliss-reactive ketones (excluding diaryl/α,β-unsaturated/α-hetero) is 2. The third-order valence-electron chi connectivity index (χ3n) is 3.46. The van der Waals surface area contributed by atoms with Gasteiger partial charge >= 0.3 is 0 Å². The van der Waals surface area contributed by atoms with Crippen LogP contribution < -0.4 is 11.3 Å².